The molecule has 2 rings (SSSR count). The number of nitrogens with zero attached hydrogens (tertiary/aromatic N) is 1. The fourth-order valence-electron chi connectivity index (χ4n) is 2.27. The number of morpholine rings is 1. The summed E-state index contributed by atoms with van der Waals surface area (Å²) in [5.74, 6) is 0.740. The number of para-hydroxylation sites is 1. The number of methoxy groups -OCH3 is 1. The van der Waals surface area contributed by atoms with Crippen LogP contribution in [0.3, 0.4) is 0 Å². The van der Waals surface area contributed by atoms with Gasteiger partial charge in [0.1, 0.15) is 5.75 Å². The summed E-state index contributed by atoms with van der Waals surface area (Å²) in [5, 5.41) is 0. The first-order chi connectivity index (χ1) is 8.27. The van der Waals surface area contributed by atoms with Gasteiger partial charge in [-0.1, -0.05) is 13.0 Å². The Morgan fingerprint density at radius 1 is 1.53 bits per heavy atom. The number of nitrogens with two attached hydrogens (primary N) is 1. The summed E-state index contributed by atoms with van der Waals surface area (Å²) in [4.78, 5) is 2.32. The van der Waals surface area contributed by atoms with Crippen LogP contribution in [0, 0.1) is 0 Å². The van der Waals surface area contributed by atoms with Gasteiger partial charge >= 0.3 is 0 Å². The molecule has 4 nitrogen and oxygen atoms in total. The van der Waals surface area contributed by atoms with Crippen LogP contribution in [0.15, 0.2) is 18.2 Å². The fourth-order valence-corrected chi connectivity index (χ4v) is 2.27. The van der Waals surface area contributed by atoms with Crippen LogP contribution in [0.5, 0.6) is 5.75 Å². The van der Waals surface area contributed by atoms with Gasteiger partial charge in [-0.05, 0) is 18.6 Å². The van der Waals surface area contributed by atoms with Crippen molar-refractivity contribution >= 4 is 11.4 Å². The summed E-state index contributed by atoms with van der Waals surface area (Å²) >= 11 is 0. The second kappa shape index (κ2) is 5.27. The van der Waals surface area contributed by atoms with Crippen LogP contribution in [-0.4, -0.2) is 32.9 Å². The van der Waals surface area contributed by atoms with Crippen LogP contribution in [-0.2, 0) is 4.74 Å². The lowest BCUT2D eigenvalue weighted by atomic mass is 10.1. The molecule has 1 heterocycles. The van der Waals surface area contributed by atoms with Gasteiger partial charge in [0.2, 0.25) is 0 Å². The molecule has 0 aromatic heterocycles. The van der Waals surface area contributed by atoms with E-state index in [9.17, 15) is 0 Å². The van der Waals surface area contributed by atoms with Gasteiger partial charge in [-0.15, -0.1) is 0 Å². The zero-order valence-corrected chi connectivity index (χ0v) is 10.5. The van der Waals surface area contributed by atoms with Crippen molar-refractivity contribution in [2.45, 2.75) is 19.4 Å². The molecule has 1 saturated heterocycles. The van der Waals surface area contributed by atoms with E-state index in [4.69, 9.17) is 15.2 Å². The summed E-state index contributed by atoms with van der Waals surface area (Å²) < 4.78 is 10.8. The van der Waals surface area contributed by atoms with E-state index in [2.05, 4.69) is 11.8 Å². The minimum atomic E-state index is 0.401. The molecule has 1 aromatic rings. The number of nitrogen functional groups attached to an aromatic ring is 1. The lowest BCUT2D eigenvalue weighted by Crippen LogP contribution is -2.45. The third kappa shape index (κ3) is 2.31. The Morgan fingerprint density at radius 2 is 2.35 bits per heavy atom. The van der Waals surface area contributed by atoms with Crippen LogP contribution in [0.1, 0.15) is 13.3 Å². The van der Waals surface area contributed by atoms with Crippen molar-refractivity contribution in [2.24, 2.45) is 0 Å². The standard InChI is InChI=1S/C13H20N2O2/c1-3-10-9-17-8-7-15(10)11-5-4-6-12(16-2)13(11)14/h4-6,10H,3,7-9,14H2,1-2H3. The van der Waals surface area contributed by atoms with Gasteiger partial charge in [0, 0.05) is 6.54 Å². The van der Waals surface area contributed by atoms with E-state index in [0.717, 1.165) is 43.3 Å². The Balaban J connectivity index is 2.31. The first-order valence-electron chi connectivity index (χ1n) is 6.04. The molecule has 4 heteroatoms. The number of rotatable bonds is 3. The van der Waals surface area contributed by atoms with Gasteiger partial charge in [0.15, 0.2) is 0 Å². The summed E-state index contributed by atoms with van der Waals surface area (Å²) in [7, 11) is 1.64. The van der Waals surface area contributed by atoms with E-state index in [-0.39, 0.29) is 0 Å². The van der Waals surface area contributed by atoms with Crippen molar-refractivity contribution in [3.63, 3.8) is 0 Å². The van der Waals surface area contributed by atoms with Crippen LogP contribution in [0.4, 0.5) is 11.4 Å². The molecule has 1 unspecified atom stereocenters. The molecule has 0 aliphatic carbocycles. The predicted octanol–water partition coefficient (Wildman–Crippen LogP) is 1.89. The molecule has 1 atom stereocenters. The molecule has 1 fully saturated rings. The minimum absolute atomic E-state index is 0.401. The largest absolute Gasteiger partial charge is 0.495 e. The van der Waals surface area contributed by atoms with E-state index in [1.54, 1.807) is 7.11 Å². The highest BCUT2D eigenvalue weighted by Crippen LogP contribution is 2.34. The highest BCUT2D eigenvalue weighted by atomic mass is 16.5. The number of benzene rings is 1. The zero-order chi connectivity index (χ0) is 12.3. The van der Waals surface area contributed by atoms with Crippen molar-refractivity contribution < 1.29 is 9.47 Å². The minimum Gasteiger partial charge on any atom is -0.495 e. The molecule has 1 aliphatic rings. The van der Waals surface area contributed by atoms with Gasteiger partial charge in [-0.25, -0.2) is 0 Å². The van der Waals surface area contributed by atoms with Gasteiger partial charge in [-0.3, -0.25) is 0 Å². The van der Waals surface area contributed by atoms with E-state index < -0.39 is 0 Å². The first-order valence-corrected chi connectivity index (χ1v) is 6.04. The summed E-state index contributed by atoms with van der Waals surface area (Å²) in [5.41, 5.74) is 7.91. The first kappa shape index (κ1) is 12.0. The summed E-state index contributed by atoms with van der Waals surface area (Å²) in [6, 6.07) is 6.32. The predicted molar refractivity (Wildman–Crippen MR) is 69.7 cm³/mol. The third-order valence-electron chi connectivity index (χ3n) is 3.27. The van der Waals surface area contributed by atoms with E-state index >= 15 is 0 Å². The van der Waals surface area contributed by atoms with Gasteiger partial charge in [0.05, 0.1) is 37.7 Å². The topological polar surface area (TPSA) is 47.7 Å². The molecule has 0 spiro atoms. The van der Waals surface area contributed by atoms with E-state index in [1.807, 2.05) is 18.2 Å². The maximum Gasteiger partial charge on any atom is 0.143 e. The van der Waals surface area contributed by atoms with E-state index in [1.165, 1.54) is 0 Å². The highest BCUT2D eigenvalue weighted by molar-refractivity contribution is 5.74. The molecule has 0 radical (unpaired) electrons. The average molecular weight is 236 g/mol. The molecule has 94 valence electrons. The maximum atomic E-state index is 6.13. The molecule has 1 aromatic carbocycles. The fraction of sp³-hybridized carbons (Fsp3) is 0.538. The smallest absolute Gasteiger partial charge is 0.143 e. The molecule has 1 aliphatic heterocycles. The van der Waals surface area contributed by atoms with Gasteiger partial charge in [-0.2, -0.15) is 0 Å². The normalized spacial score (nSPS) is 20.4. The average Bonchev–Trinajstić information content (AvgIpc) is 2.39. The molecular weight excluding hydrogens is 216 g/mol. The van der Waals surface area contributed by atoms with Gasteiger partial charge < -0.3 is 20.1 Å². The van der Waals surface area contributed by atoms with Crippen LogP contribution < -0.4 is 15.4 Å². The monoisotopic (exact) mass is 236 g/mol. The molecular formula is C13H20N2O2. The summed E-state index contributed by atoms with van der Waals surface area (Å²) in [6.45, 7) is 4.58. The summed E-state index contributed by atoms with van der Waals surface area (Å²) in [6.07, 6.45) is 1.05. The number of hydrogen-bond donors (Lipinski definition) is 1. The lowest BCUT2D eigenvalue weighted by molar-refractivity contribution is 0.0930. The van der Waals surface area contributed by atoms with Crippen LogP contribution in [0.25, 0.3) is 0 Å². The second-order valence-corrected chi connectivity index (χ2v) is 4.22. The number of ether oxygens (including phenoxy) is 2. The van der Waals surface area contributed by atoms with Crippen molar-refractivity contribution in [1.29, 1.82) is 0 Å². The maximum absolute atomic E-state index is 6.13. The highest BCUT2D eigenvalue weighted by Gasteiger charge is 2.23. The van der Waals surface area contributed by atoms with Crippen LogP contribution in [0.2, 0.25) is 0 Å². The number of anilines is 2. The molecule has 17 heavy (non-hydrogen) atoms. The molecule has 2 N–H and O–H groups in total. The van der Waals surface area contributed by atoms with Crippen molar-refractivity contribution in [3.05, 3.63) is 18.2 Å². The molecule has 0 amide bonds. The van der Waals surface area contributed by atoms with Crippen molar-refractivity contribution in [1.82, 2.24) is 0 Å². The Hall–Kier alpha value is -1.42. The molecule has 0 saturated carbocycles. The second-order valence-electron chi connectivity index (χ2n) is 4.22. The molecule has 0 bridgehead atoms. The van der Waals surface area contributed by atoms with E-state index in [0.29, 0.717) is 6.04 Å². The van der Waals surface area contributed by atoms with Crippen LogP contribution >= 0.6 is 0 Å². The zero-order valence-electron chi connectivity index (χ0n) is 10.5. The van der Waals surface area contributed by atoms with Gasteiger partial charge in [0.25, 0.3) is 0 Å². The van der Waals surface area contributed by atoms with Crippen molar-refractivity contribution in [2.75, 3.05) is 37.5 Å². The Morgan fingerprint density at radius 3 is 3.06 bits per heavy atom. The Labute approximate surface area is 102 Å². The third-order valence-corrected chi connectivity index (χ3v) is 3.27. The lowest BCUT2D eigenvalue weighted by Gasteiger charge is -2.37. The SMILES string of the molecule is CCC1COCCN1c1cccc(OC)c1N. The quantitative estimate of drug-likeness (QED) is 0.814. The number of hydrogen-bond acceptors (Lipinski definition) is 4. The Bertz CT molecular complexity index is 382. The Kier molecular flexibility index (Phi) is 3.74. The van der Waals surface area contributed by atoms with Crippen molar-refractivity contribution in [3.8, 4) is 5.75 Å².